The van der Waals surface area contributed by atoms with Crippen LogP contribution in [0.1, 0.15) is 23.5 Å². The summed E-state index contributed by atoms with van der Waals surface area (Å²) in [6.45, 7) is 4.01. The monoisotopic (exact) mass is 355 g/mol. The summed E-state index contributed by atoms with van der Waals surface area (Å²) < 4.78 is 19.2. The van der Waals surface area contributed by atoms with Gasteiger partial charge in [-0.05, 0) is 30.7 Å². The van der Waals surface area contributed by atoms with Crippen molar-refractivity contribution in [2.75, 3.05) is 31.6 Å². The molecule has 1 N–H and O–H groups in total. The van der Waals surface area contributed by atoms with Crippen LogP contribution in [0, 0.1) is 12.7 Å². The molecule has 4 rings (SSSR count). The molecule has 0 aliphatic carbocycles. The molecule has 3 atom stereocenters. The van der Waals surface area contributed by atoms with E-state index in [1.54, 1.807) is 18.2 Å². The minimum absolute atomic E-state index is 0.106. The number of amides is 1. The highest BCUT2D eigenvalue weighted by atomic mass is 19.1. The van der Waals surface area contributed by atoms with Gasteiger partial charge in [0.15, 0.2) is 18.2 Å². The standard InChI is InChI=1S/C21H23FN2O2/c1-14-7-8-18-15(11-14)16-12-23(2)10-9-19(16)24(18)21(25)13-26-20-6-4-3-5-17(20)22/h3-8,11,16,19H,9-10,12-13H2,1-2H3/p+1/t16-,19-/m0/s1. The minimum Gasteiger partial charge on any atom is -0.481 e. The molecule has 0 saturated carbocycles. The molecule has 0 radical (unpaired) electrons. The summed E-state index contributed by atoms with van der Waals surface area (Å²) in [5, 5.41) is 0. The molecule has 2 heterocycles. The van der Waals surface area contributed by atoms with Gasteiger partial charge in [0, 0.05) is 12.1 Å². The van der Waals surface area contributed by atoms with Crippen LogP contribution in [0.4, 0.5) is 10.1 Å². The highest BCUT2D eigenvalue weighted by Crippen LogP contribution is 2.43. The molecular formula is C21H24FN2O2+. The zero-order valence-electron chi connectivity index (χ0n) is 15.2. The SMILES string of the molecule is Cc1ccc2c(c1)[C@@H]1C[NH+](C)CC[C@@H]1N2C(=O)COc1ccccc1F. The Morgan fingerprint density at radius 3 is 2.92 bits per heavy atom. The predicted octanol–water partition coefficient (Wildman–Crippen LogP) is 1.93. The van der Waals surface area contributed by atoms with Crippen molar-refractivity contribution in [1.82, 2.24) is 0 Å². The third-order valence-corrected chi connectivity index (χ3v) is 5.53. The number of hydrogen-bond donors (Lipinski definition) is 1. The molecule has 2 aliphatic heterocycles. The number of nitrogens with zero attached hydrogens (tertiary/aromatic N) is 1. The lowest BCUT2D eigenvalue weighted by Crippen LogP contribution is -3.11. The van der Waals surface area contributed by atoms with Crippen molar-refractivity contribution in [3.05, 3.63) is 59.4 Å². The molecule has 2 aliphatic rings. The number of nitrogens with one attached hydrogen (secondary N) is 1. The number of ether oxygens (including phenoxy) is 1. The number of aryl methyl sites for hydroxylation is 1. The van der Waals surface area contributed by atoms with Gasteiger partial charge in [-0.1, -0.05) is 29.8 Å². The Kier molecular flexibility index (Phi) is 4.41. The smallest absolute Gasteiger partial charge is 0.265 e. The molecule has 5 heteroatoms. The second-order valence-electron chi connectivity index (χ2n) is 7.42. The van der Waals surface area contributed by atoms with Gasteiger partial charge in [0.2, 0.25) is 0 Å². The lowest BCUT2D eigenvalue weighted by Gasteiger charge is -2.34. The van der Waals surface area contributed by atoms with Crippen molar-refractivity contribution < 1.29 is 18.8 Å². The van der Waals surface area contributed by atoms with E-state index in [-0.39, 0.29) is 24.3 Å². The van der Waals surface area contributed by atoms with Crippen LogP contribution in [0.2, 0.25) is 0 Å². The van der Waals surface area contributed by atoms with E-state index in [9.17, 15) is 9.18 Å². The summed E-state index contributed by atoms with van der Waals surface area (Å²) in [6.07, 6.45) is 0.968. The number of carbonyl (C=O) groups excluding carboxylic acids is 1. The summed E-state index contributed by atoms with van der Waals surface area (Å²) in [6, 6.07) is 12.7. The number of anilines is 1. The minimum atomic E-state index is -0.446. The average Bonchev–Trinajstić information content (AvgIpc) is 2.94. The number of quaternary nitrogens is 1. The number of benzene rings is 2. The zero-order valence-corrected chi connectivity index (χ0v) is 15.2. The average molecular weight is 355 g/mol. The van der Waals surface area contributed by atoms with Crippen molar-refractivity contribution in [3.8, 4) is 5.75 Å². The van der Waals surface area contributed by atoms with Gasteiger partial charge in [-0.2, -0.15) is 0 Å². The maximum Gasteiger partial charge on any atom is 0.265 e. The van der Waals surface area contributed by atoms with Crippen LogP contribution in [0.15, 0.2) is 42.5 Å². The van der Waals surface area contributed by atoms with E-state index in [1.807, 2.05) is 17.0 Å². The first-order valence-corrected chi connectivity index (χ1v) is 9.16. The summed E-state index contributed by atoms with van der Waals surface area (Å²) in [4.78, 5) is 16.4. The van der Waals surface area contributed by atoms with E-state index in [0.717, 1.165) is 25.2 Å². The summed E-state index contributed by atoms with van der Waals surface area (Å²) in [5.41, 5.74) is 3.46. The Balaban J connectivity index is 1.59. The largest absolute Gasteiger partial charge is 0.481 e. The van der Waals surface area contributed by atoms with Crippen molar-refractivity contribution >= 4 is 11.6 Å². The van der Waals surface area contributed by atoms with Gasteiger partial charge in [-0.3, -0.25) is 4.79 Å². The van der Waals surface area contributed by atoms with Gasteiger partial charge in [-0.25, -0.2) is 4.39 Å². The van der Waals surface area contributed by atoms with Crippen LogP contribution in [-0.2, 0) is 4.79 Å². The molecule has 4 nitrogen and oxygen atoms in total. The number of carbonyl (C=O) groups is 1. The van der Waals surface area contributed by atoms with Crippen LogP contribution < -0.4 is 14.5 Å². The second kappa shape index (κ2) is 6.72. The van der Waals surface area contributed by atoms with Crippen LogP contribution in [0.25, 0.3) is 0 Å². The maximum atomic E-state index is 13.8. The molecule has 2 aromatic rings. The van der Waals surface area contributed by atoms with Crippen molar-refractivity contribution in [1.29, 1.82) is 0 Å². The van der Waals surface area contributed by atoms with Crippen LogP contribution >= 0.6 is 0 Å². The second-order valence-corrected chi connectivity index (χ2v) is 7.42. The molecule has 0 bridgehead atoms. The molecule has 0 aromatic heterocycles. The number of hydrogen-bond acceptors (Lipinski definition) is 2. The number of fused-ring (bicyclic) bond motifs is 3. The van der Waals surface area contributed by atoms with Crippen molar-refractivity contribution in [2.24, 2.45) is 0 Å². The first-order chi connectivity index (χ1) is 12.5. The first kappa shape index (κ1) is 17.0. The fraction of sp³-hybridized carbons (Fsp3) is 0.381. The Morgan fingerprint density at radius 1 is 1.31 bits per heavy atom. The third-order valence-electron chi connectivity index (χ3n) is 5.53. The van der Waals surface area contributed by atoms with E-state index < -0.39 is 5.82 Å². The van der Waals surface area contributed by atoms with Gasteiger partial charge < -0.3 is 14.5 Å². The normalized spacial score (nSPS) is 24.1. The molecule has 1 fully saturated rings. The third kappa shape index (κ3) is 2.97. The Hall–Kier alpha value is -2.40. The Bertz CT molecular complexity index is 839. The molecule has 1 saturated heterocycles. The lowest BCUT2D eigenvalue weighted by molar-refractivity contribution is -0.886. The highest BCUT2D eigenvalue weighted by molar-refractivity contribution is 5.97. The summed E-state index contributed by atoms with van der Waals surface area (Å²) >= 11 is 0. The Labute approximate surface area is 153 Å². The van der Waals surface area contributed by atoms with E-state index in [2.05, 4.69) is 20.0 Å². The fourth-order valence-corrected chi connectivity index (χ4v) is 4.29. The summed E-state index contributed by atoms with van der Waals surface area (Å²) in [7, 11) is 2.21. The van der Waals surface area contributed by atoms with Crippen LogP contribution in [0.5, 0.6) is 5.75 Å². The van der Waals surface area contributed by atoms with Gasteiger partial charge >= 0.3 is 0 Å². The van der Waals surface area contributed by atoms with Crippen molar-refractivity contribution in [3.63, 3.8) is 0 Å². The Morgan fingerprint density at radius 2 is 2.12 bits per heavy atom. The first-order valence-electron chi connectivity index (χ1n) is 9.16. The van der Waals surface area contributed by atoms with Gasteiger partial charge in [0.25, 0.3) is 5.91 Å². The fourth-order valence-electron chi connectivity index (χ4n) is 4.29. The molecule has 0 spiro atoms. The number of para-hydroxylation sites is 1. The lowest BCUT2D eigenvalue weighted by atomic mass is 9.89. The van der Waals surface area contributed by atoms with Crippen LogP contribution in [0.3, 0.4) is 0 Å². The zero-order chi connectivity index (χ0) is 18.3. The highest BCUT2D eigenvalue weighted by Gasteiger charge is 2.45. The molecule has 26 heavy (non-hydrogen) atoms. The quantitative estimate of drug-likeness (QED) is 0.913. The number of halogens is 1. The number of rotatable bonds is 3. The molecule has 1 unspecified atom stereocenters. The van der Waals surface area contributed by atoms with Gasteiger partial charge in [0.05, 0.1) is 32.1 Å². The molecular weight excluding hydrogens is 331 g/mol. The molecule has 2 aromatic carbocycles. The number of piperidine rings is 1. The number of likely N-dealkylation sites (tertiary alicyclic amines) is 1. The maximum absolute atomic E-state index is 13.8. The van der Waals surface area contributed by atoms with E-state index in [1.165, 1.54) is 22.1 Å². The van der Waals surface area contributed by atoms with E-state index in [4.69, 9.17) is 4.74 Å². The van der Waals surface area contributed by atoms with Gasteiger partial charge in [0.1, 0.15) is 0 Å². The predicted molar refractivity (Wildman–Crippen MR) is 98.3 cm³/mol. The van der Waals surface area contributed by atoms with Gasteiger partial charge in [-0.15, -0.1) is 0 Å². The number of likely N-dealkylation sites (N-methyl/N-ethyl adjacent to an activating group) is 1. The topological polar surface area (TPSA) is 34.0 Å². The molecule has 1 amide bonds. The van der Waals surface area contributed by atoms with Crippen LogP contribution in [-0.4, -0.2) is 38.7 Å². The van der Waals surface area contributed by atoms with E-state index >= 15 is 0 Å². The summed E-state index contributed by atoms with van der Waals surface area (Å²) in [5.74, 6) is -0.0754. The molecule has 136 valence electrons. The van der Waals surface area contributed by atoms with Crippen molar-refractivity contribution in [2.45, 2.75) is 25.3 Å². The van der Waals surface area contributed by atoms with E-state index in [0.29, 0.717) is 5.92 Å².